The SMILES string of the molecule is COc1cc(C#N)c(OC2CCC(C)(C(=O)O)CC2)cc1C(=O)N[C@@H]1[C@H]2CC[C@H](C2)[C@@H]1C(=O)NCC1(OC)CCC1. The van der Waals surface area contributed by atoms with Gasteiger partial charge in [-0.1, -0.05) is 0 Å². The van der Waals surface area contributed by atoms with Crippen molar-refractivity contribution in [2.45, 2.75) is 88.9 Å². The van der Waals surface area contributed by atoms with Crippen LogP contribution in [0.5, 0.6) is 11.5 Å². The van der Waals surface area contributed by atoms with E-state index in [2.05, 4.69) is 16.7 Å². The van der Waals surface area contributed by atoms with Gasteiger partial charge < -0.3 is 30.0 Å². The van der Waals surface area contributed by atoms with Crippen LogP contribution in [0.3, 0.4) is 0 Å². The maximum Gasteiger partial charge on any atom is 0.309 e. The summed E-state index contributed by atoms with van der Waals surface area (Å²) in [5.41, 5.74) is -0.579. The van der Waals surface area contributed by atoms with Crippen molar-refractivity contribution in [3.63, 3.8) is 0 Å². The van der Waals surface area contributed by atoms with Crippen LogP contribution < -0.4 is 20.1 Å². The molecule has 4 fully saturated rings. The molecule has 0 aromatic heterocycles. The number of nitrogens with one attached hydrogen (secondary N) is 2. The third kappa shape index (κ3) is 5.61. The molecule has 10 heteroatoms. The zero-order valence-corrected chi connectivity index (χ0v) is 24.2. The van der Waals surface area contributed by atoms with E-state index in [1.807, 2.05) is 0 Å². The maximum absolute atomic E-state index is 13.7. The Hall–Kier alpha value is -3.32. The summed E-state index contributed by atoms with van der Waals surface area (Å²) in [4.78, 5) is 38.7. The Labute approximate surface area is 241 Å². The molecule has 0 radical (unpaired) electrons. The van der Waals surface area contributed by atoms with Crippen LogP contribution in [0.25, 0.3) is 0 Å². The zero-order chi connectivity index (χ0) is 29.4. The van der Waals surface area contributed by atoms with E-state index in [1.165, 1.54) is 13.2 Å². The number of aliphatic carboxylic acids is 1. The Bertz CT molecular complexity index is 1220. The number of amides is 2. The Morgan fingerprint density at radius 1 is 1.05 bits per heavy atom. The minimum Gasteiger partial charge on any atom is -0.496 e. The van der Waals surface area contributed by atoms with Gasteiger partial charge in [-0.2, -0.15) is 5.26 Å². The Morgan fingerprint density at radius 3 is 2.34 bits per heavy atom. The lowest BCUT2D eigenvalue weighted by Gasteiger charge is -2.41. The van der Waals surface area contributed by atoms with E-state index < -0.39 is 11.4 Å². The normalized spacial score (nSPS) is 31.4. The molecule has 4 atom stereocenters. The minimum absolute atomic E-state index is 0.0349. The number of carbonyl (C=O) groups is 3. The van der Waals surface area contributed by atoms with Crippen molar-refractivity contribution in [3.05, 3.63) is 23.3 Å². The summed E-state index contributed by atoms with van der Waals surface area (Å²) in [5, 5.41) is 25.6. The van der Waals surface area contributed by atoms with Crippen molar-refractivity contribution < 1.29 is 33.7 Å². The highest BCUT2D eigenvalue weighted by Crippen LogP contribution is 2.49. The van der Waals surface area contributed by atoms with Gasteiger partial charge in [0.05, 0.1) is 41.3 Å². The van der Waals surface area contributed by atoms with E-state index in [1.54, 1.807) is 20.1 Å². The molecule has 2 amide bonds. The molecule has 0 unspecified atom stereocenters. The molecule has 3 N–H and O–H groups in total. The standard InChI is InChI=1S/C31H41N3O7/c1-30(29(37)38)11-7-21(8-12-30)41-23-15-22(24(39-2)14-20(23)16-32)27(35)34-26-19-6-5-18(13-19)25(26)28(36)33-17-31(40-3)9-4-10-31/h14-15,18-19,21,25-26H,4-13,17H2,1-3H3,(H,33,36)(H,34,35)(H,37,38)/t18-,19+,21?,25+,26-,30?/m1/s1. The number of methoxy groups -OCH3 is 2. The average molecular weight is 568 g/mol. The molecule has 0 spiro atoms. The number of ether oxygens (including phenoxy) is 3. The first-order valence-corrected chi connectivity index (χ1v) is 14.8. The van der Waals surface area contributed by atoms with Gasteiger partial charge in [0.25, 0.3) is 5.91 Å². The van der Waals surface area contributed by atoms with E-state index in [0.29, 0.717) is 32.2 Å². The second-order valence-electron chi connectivity index (χ2n) is 12.7. The molecular formula is C31H41N3O7. The second kappa shape index (κ2) is 11.5. The van der Waals surface area contributed by atoms with Crippen LogP contribution in [0.15, 0.2) is 12.1 Å². The highest BCUT2D eigenvalue weighted by atomic mass is 16.5. The number of benzene rings is 1. The number of carbonyl (C=O) groups excluding carboxylic acids is 2. The first kappa shape index (κ1) is 29.2. The maximum atomic E-state index is 13.7. The fourth-order valence-corrected chi connectivity index (χ4v) is 7.33. The van der Waals surface area contributed by atoms with Crippen molar-refractivity contribution in [1.29, 1.82) is 5.26 Å². The molecule has 5 rings (SSSR count). The Kier molecular flexibility index (Phi) is 8.20. The van der Waals surface area contributed by atoms with Gasteiger partial charge in [-0.25, -0.2) is 0 Å². The van der Waals surface area contributed by atoms with Crippen LogP contribution in [0.4, 0.5) is 0 Å². The fourth-order valence-electron chi connectivity index (χ4n) is 7.33. The number of hydrogen-bond donors (Lipinski definition) is 3. The zero-order valence-electron chi connectivity index (χ0n) is 24.2. The van der Waals surface area contributed by atoms with Crippen LogP contribution in [0.1, 0.15) is 87.1 Å². The van der Waals surface area contributed by atoms with Crippen molar-refractivity contribution >= 4 is 17.8 Å². The molecule has 0 saturated heterocycles. The Balaban J connectivity index is 1.31. The van der Waals surface area contributed by atoms with Gasteiger partial charge in [0.15, 0.2) is 0 Å². The smallest absolute Gasteiger partial charge is 0.309 e. The van der Waals surface area contributed by atoms with Crippen molar-refractivity contribution in [2.75, 3.05) is 20.8 Å². The summed E-state index contributed by atoms with van der Waals surface area (Å²) < 4.78 is 17.3. The third-order valence-corrected chi connectivity index (χ3v) is 10.3. The summed E-state index contributed by atoms with van der Waals surface area (Å²) in [6, 6.07) is 4.87. The predicted molar refractivity (Wildman–Crippen MR) is 149 cm³/mol. The van der Waals surface area contributed by atoms with Gasteiger partial charge in [0.1, 0.15) is 17.6 Å². The third-order valence-electron chi connectivity index (χ3n) is 10.3. The van der Waals surface area contributed by atoms with Crippen LogP contribution >= 0.6 is 0 Å². The fraction of sp³-hybridized carbons (Fsp3) is 0.677. The van der Waals surface area contributed by atoms with Gasteiger partial charge in [0.2, 0.25) is 5.91 Å². The molecule has 1 aromatic carbocycles. The number of hydrogen-bond acceptors (Lipinski definition) is 7. The van der Waals surface area contributed by atoms with E-state index in [9.17, 15) is 24.8 Å². The summed E-state index contributed by atoms with van der Waals surface area (Å²) in [6.45, 7) is 2.22. The number of nitrogens with zero attached hydrogens (tertiary/aromatic N) is 1. The van der Waals surface area contributed by atoms with Gasteiger partial charge >= 0.3 is 5.97 Å². The molecular weight excluding hydrogens is 526 g/mol. The summed E-state index contributed by atoms with van der Waals surface area (Å²) in [6.07, 6.45) is 7.57. The number of nitriles is 1. The predicted octanol–water partition coefficient (Wildman–Crippen LogP) is 3.81. The lowest BCUT2D eigenvalue weighted by atomic mass is 9.75. The van der Waals surface area contributed by atoms with E-state index in [4.69, 9.17) is 14.2 Å². The molecule has 4 aliphatic rings. The van der Waals surface area contributed by atoms with E-state index in [-0.39, 0.29) is 69.9 Å². The number of carboxylic acids is 1. The van der Waals surface area contributed by atoms with Crippen LogP contribution in [0, 0.1) is 34.5 Å². The molecule has 0 heterocycles. The topological polar surface area (TPSA) is 147 Å². The van der Waals surface area contributed by atoms with Crippen molar-refractivity contribution in [1.82, 2.24) is 10.6 Å². The molecule has 10 nitrogen and oxygen atoms in total. The lowest BCUT2D eigenvalue weighted by molar-refractivity contribution is -0.150. The molecule has 4 aliphatic carbocycles. The minimum atomic E-state index is -0.814. The van der Waals surface area contributed by atoms with E-state index in [0.717, 1.165) is 38.5 Å². The lowest BCUT2D eigenvalue weighted by Crippen LogP contribution is -2.54. The first-order chi connectivity index (χ1) is 19.6. The molecule has 4 saturated carbocycles. The average Bonchev–Trinajstić information content (AvgIpc) is 3.55. The summed E-state index contributed by atoms with van der Waals surface area (Å²) in [5.74, 6) is -0.545. The van der Waals surface area contributed by atoms with E-state index >= 15 is 0 Å². The van der Waals surface area contributed by atoms with Gasteiger partial charge in [0, 0.05) is 25.8 Å². The highest BCUT2D eigenvalue weighted by molar-refractivity contribution is 5.98. The summed E-state index contributed by atoms with van der Waals surface area (Å²) >= 11 is 0. The second-order valence-corrected chi connectivity index (χ2v) is 12.7. The van der Waals surface area contributed by atoms with Gasteiger partial charge in [-0.3, -0.25) is 14.4 Å². The molecule has 0 aliphatic heterocycles. The Morgan fingerprint density at radius 2 is 1.76 bits per heavy atom. The van der Waals surface area contributed by atoms with Crippen LogP contribution in [-0.4, -0.2) is 61.4 Å². The molecule has 1 aromatic rings. The quantitative estimate of drug-likeness (QED) is 0.387. The summed E-state index contributed by atoms with van der Waals surface area (Å²) in [7, 11) is 3.14. The molecule has 2 bridgehead atoms. The molecule has 222 valence electrons. The van der Waals surface area contributed by atoms with Crippen molar-refractivity contribution in [3.8, 4) is 17.6 Å². The van der Waals surface area contributed by atoms with Crippen LogP contribution in [-0.2, 0) is 14.3 Å². The monoisotopic (exact) mass is 567 g/mol. The largest absolute Gasteiger partial charge is 0.496 e. The first-order valence-electron chi connectivity index (χ1n) is 14.8. The van der Waals surface area contributed by atoms with Gasteiger partial charge in [-0.05, 0) is 89.0 Å². The number of rotatable bonds is 10. The highest BCUT2D eigenvalue weighted by Gasteiger charge is 2.52. The van der Waals surface area contributed by atoms with Crippen LogP contribution in [0.2, 0.25) is 0 Å². The number of carboxylic acid groups (broad SMARTS) is 1. The van der Waals surface area contributed by atoms with Gasteiger partial charge in [-0.15, -0.1) is 0 Å². The number of fused-ring (bicyclic) bond motifs is 2. The van der Waals surface area contributed by atoms with Crippen molar-refractivity contribution in [2.24, 2.45) is 23.2 Å². The molecule has 41 heavy (non-hydrogen) atoms.